The quantitative estimate of drug-likeness (QED) is 0.558. The van der Waals surface area contributed by atoms with E-state index in [4.69, 9.17) is 9.47 Å². The number of aliphatic carboxylic acids is 1. The first-order valence-electron chi connectivity index (χ1n) is 10.4. The van der Waals surface area contributed by atoms with Gasteiger partial charge in [-0.05, 0) is 40.7 Å². The molecule has 32 heavy (non-hydrogen) atoms. The molecule has 1 aliphatic carbocycles. The van der Waals surface area contributed by atoms with Crippen molar-refractivity contribution >= 4 is 12.1 Å². The number of aromatic nitrogens is 1. The molecule has 0 saturated carbocycles. The molecule has 0 saturated heterocycles. The van der Waals surface area contributed by atoms with Crippen LogP contribution in [0, 0.1) is 0 Å². The second-order valence-corrected chi connectivity index (χ2v) is 7.61. The third kappa shape index (κ3) is 4.56. The van der Waals surface area contributed by atoms with Crippen LogP contribution in [-0.2, 0) is 16.0 Å². The molecule has 1 aliphatic rings. The van der Waals surface area contributed by atoms with E-state index >= 15 is 0 Å². The summed E-state index contributed by atoms with van der Waals surface area (Å²) in [6.07, 6.45) is 1.54. The SMILES string of the molecule is COc1ccc(CCC(NC(=O)OCC2c3ccccc3-c3ccccc32)C(=O)O)cn1. The van der Waals surface area contributed by atoms with E-state index in [1.165, 1.54) is 7.11 Å². The summed E-state index contributed by atoms with van der Waals surface area (Å²) >= 11 is 0. The van der Waals surface area contributed by atoms with Gasteiger partial charge in [0, 0.05) is 18.2 Å². The van der Waals surface area contributed by atoms with E-state index in [1.54, 1.807) is 12.3 Å². The number of amides is 1. The Morgan fingerprint density at radius 2 is 1.69 bits per heavy atom. The maximum Gasteiger partial charge on any atom is 0.407 e. The van der Waals surface area contributed by atoms with Crippen LogP contribution in [0.4, 0.5) is 4.79 Å². The zero-order chi connectivity index (χ0) is 22.5. The van der Waals surface area contributed by atoms with Crippen LogP contribution in [0.1, 0.15) is 29.0 Å². The van der Waals surface area contributed by atoms with E-state index in [9.17, 15) is 14.7 Å². The van der Waals surface area contributed by atoms with Crippen molar-refractivity contribution in [2.24, 2.45) is 0 Å². The van der Waals surface area contributed by atoms with Crippen molar-refractivity contribution in [3.05, 3.63) is 83.6 Å². The van der Waals surface area contributed by atoms with Crippen LogP contribution < -0.4 is 10.1 Å². The van der Waals surface area contributed by atoms with Gasteiger partial charge in [0.05, 0.1) is 7.11 Å². The van der Waals surface area contributed by atoms with Crippen molar-refractivity contribution in [3.8, 4) is 17.0 Å². The van der Waals surface area contributed by atoms with Gasteiger partial charge in [0.1, 0.15) is 12.6 Å². The number of hydrogen-bond donors (Lipinski definition) is 2. The van der Waals surface area contributed by atoms with E-state index in [0.717, 1.165) is 27.8 Å². The van der Waals surface area contributed by atoms with E-state index in [0.29, 0.717) is 12.3 Å². The van der Waals surface area contributed by atoms with Crippen LogP contribution in [0.15, 0.2) is 66.9 Å². The fourth-order valence-corrected chi connectivity index (χ4v) is 4.03. The van der Waals surface area contributed by atoms with Gasteiger partial charge in [-0.25, -0.2) is 14.6 Å². The van der Waals surface area contributed by atoms with Gasteiger partial charge in [-0.15, -0.1) is 0 Å². The summed E-state index contributed by atoms with van der Waals surface area (Å²) in [4.78, 5) is 28.2. The lowest BCUT2D eigenvalue weighted by Crippen LogP contribution is -2.41. The number of alkyl carbamates (subject to hydrolysis) is 1. The molecule has 1 atom stereocenters. The molecule has 3 aromatic rings. The summed E-state index contributed by atoms with van der Waals surface area (Å²) in [6.45, 7) is 0.134. The molecule has 4 rings (SSSR count). The number of carboxylic acids is 1. The molecule has 0 fully saturated rings. The minimum absolute atomic E-state index is 0.0817. The lowest BCUT2D eigenvalue weighted by Gasteiger charge is -2.17. The van der Waals surface area contributed by atoms with E-state index < -0.39 is 18.1 Å². The number of methoxy groups -OCH3 is 1. The van der Waals surface area contributed by atoms with Crippen LogP contribution in [0.25, 0.3) is 11.1 Å². The van der Waals surface area contributed by atoms with Crippen LogP contribution >= 0.6 is 0 Å². The average Bonchev–Trinajstić information content (AvgIpc) is 3.14. The summed E-state index contributed by atoms with van der Waals surface area (Å²) in [6, 6.07) is 18.6. The number of pyridine rings is 1. The number of rotatable bonds is 8. The van der Waals surface area contributed by atoms with Gasteiger partial charge in [0.15, 0.2) is 0 Å². The number of carboxylic acid groups (broad SMARTS) is 1. The number of carbonyl (C=O) groups is 2. The highest BCUT2D eigenvalue weighted by Crippen LogP contribution is 2.44. The van der Waals surface area contributed by atoms with E-state index in [1.807, 2.05) is 42.5 Å². The summed E-state index contributed by atoms with van der Waals surface area (Å²) in [5.74, 6) is -0.706. The number of nitrogens with zero attached hydrogens (tertiary/aromatic N) is 1. The second kappa shape index (κ2) is 9.51. The molecule has 1 amide bonds. The van der Waals surface area contributed by atoms with Crippen molar-refractivity contribution in [3.63, 3.8) is 0 Å². The van der Waals surface area contributed by atoms with Gasteiger partial charge in [-0.3, -0.25) is 0 Å². The van der Waals surface area contributed by atoms with E-state index in [-0.39, 0.29) is 18.9 Å². The monoisotopic (exact) mass is 432 g/mol. The summed E-state index contributed by atoms with van der Waals surface area (Å²) in [5, 5.41) is 12.0. The first-order valence-corrected chi connectivity index (χ1v) is 10.4. The van der Waals surface area contributed by atoms with Crippen LogP contribution in [0.5, 0.6) is 5.88 Å². The largest absolute Gasteiger partial charge is 0.481 e. The van der Waals surface area contributed by atoms with Gasteiger partial charge in [-0.1, -0.05) is 54.6 Å². The minimum atomic E-state index is -1.11. The zero-order valence-electron chi connectivity index (χ0n) is 17.7. The molecular weight excluding hydrogens is 408 g/mol. The Labute approximate surface area is 186 Å². The maximum absolute atomic E-state index is 12.4. The predicted octanol–water partition coefficient (Wildman–Crippen LogP) is 4.01. The molecule has 1 aromatic heterocycles. The highest BCUT2D eigenvalue weighted by Gasteiger charge is 2.29. The topological polar surface area (TPSA) is 97.8 Å². The molecule has 0 bridgehead atoms. The molecule has 7 nitrogen and oxygen atoms in total. The molecule has 0 aliphatic heterocycles. The Kier molecular flexibility index (Phi) is 6.35. The Morgan fingerprint density at radius 3 is 2.25 bits per heavy atom. The fraction of sp³-hybridized carbons (Fsp3) is 0.240. The molecule has 1 unspecified atom stereocenters. The van der Waals surface area contributed by atoms with Crippen LogP contribution in [-0.4, -0.2) is 41.9 Å². The average molecular weight is 432 g/mol. The molecule has 0 spiro atoms. The van der Waals surface area contributed by atoms with Crippen LogP contribution in [0.3, 0.4) is 0 Å². The molecule has 164 valence electrons. The first-order chi connectivity index (χ1) is 15.6. The number of benzene rings is 2. The number of carbonyl (C=O) groups excluding carboxylic acids is 1. The molecule has 1 heterocycles. The molecule has 2 aromatic carbocycles. The number of fused-ring (bicyclic) bond motifs is 3. The number of ether oxygens (including phenoxy) is 2. The molecule has 0 radical (unpaired) electrons. The summed E-state index contributed by atoms with van der Waals surface area (Å²) in [5.41, 5.74) is 5.32. The first kappa shape index (κ1) is 21.4. The minimum Gasteiger partial charge on any atom is -0.481 e. The third-order valence-corrected chi connectivity index (χ3v) is 5.66. The summed E-state index contributed by atoms with van der Waals surface area (Å²) < 4.78 is 10.5. The Morgan fingerprint density at radius 1 is 1.03 bits per heavy atom. The Hall–Kier alpha value is -3.87. The second-order valence-electron chi connectivity index (χ2n) is 7.61. The van der Waals surface area contributed by atoms with Gasteiger partial charge in [0.25, 0.3) is 0 Å². The summed E-state index contributed by atoms with van der Waals surface area (Å²) in [7, 11) is 1.53. The van der Waals surface area contributed by atoms with Gasteiger partial charge in [0.2, 0.25) is 5.88 Å². The van der Waals surface area contributed by atoms with Crippen molar-refractivity contribution < 1.29 is 24.2 Å². The number of aryl methyl sites for hydroxylation is 1. The maximum atomic E-state index is 12.4. The Balaban J connectivity index is 1.36. The Bertz CT molecular complexity index is 1070. The fourth-order valence-electron chi connectivity index (χ4n) is 4.03. The van der Waals surface area contributed by atoms with Gasteiger partial charge in [-0.2, -0.15) is 0 Å². The van der Waals surface area contributed by atoms with Crippen molar-refractivity contribution in [2.45, 2.75) is 24.8 Å². The standard InChI is InChI=1S/C25H24N2O5/c1-31-23-13-11-16(14-26-23)10-12-22(24(28)29)27-25(30)32-15-21-19-8-4-2-6-17(19)18-7-3-5-9-20(18)21/h2-9,11,13-14,21-22H,10,12,15H2,1H3,(H,27,30)(H,28,29). The van der Waals surface area contributed by atoms with Gasteiger partial charge < -0.3 is 19.9 Å². The highest BCUT2D eigenvalue weighted by atomic mass is 16.5. The molecular formula is C25H24N2O5. The van der Waals surface area contributed by atoms with Crippen molar-refractivity contribution in [2.75, 3.05) is 13.7 Å². The lowest BCUT2D eigenvalue weighted by atomic mass is 9.98. The highest BCUT2D eigenvalue weighted by molar-refractivity contribution is 5.81. The van der Waals surface area contributed by atoms with Crippen LogP contribution in [0.2, 0.25) is 0 Å². The van der Waals surface area contributed by atoms with Crippen molar-refractivity contribution in [1.29, 1.82) is 0 Å². The molecule has 2 N–H and O–H groups in total. The zero-order valence-corrected chi connectivity index (χ0v) is 17.7. The van der Waals surface area contributed by atoms with Crippen molar-refractivity contribution in [1.82, 2.24) is 10.3 Å². The predicted molar refractivity (Wildman–Crippen MR) is 119 cm³/mol. The van der Waals surface area contributed by atoms with Gasteiger partial charge >= 0.3 is 12.1 Å². The number of hydrogen-bond acceptors (Lipinski definition) is 5. The third-order valence-electron chi connectivity index (χ3n) is 5.66. The smallest absolute Gasteiger partial charge is 0.407 e. The molecule has 7 heteroatoms. The van der Waals surface area contributed by atoms with E-state index in [2.05, 4.69) is 22.4 Å². The lowest BCUT2D eigenvalue weighted by molar-refractivity contribution is -0.139. The number of nitrogens with one attached hydrogen (secondary N) is 1. The normalized spacial score (nSPS) is 13.0.